The van der Waals surface area contributed by atoms with Crippen molar-refractivity contribution in [1.29, 1.82) is 0 Å². The van der Waals surface area contributed by atoms with Crippen molar-refractivity contribution in [3.63, 3.8) is 0 Å². The van der Waals surface area contributed by atoms with Gasteiger partial charge in [-0.25, -0.2) is 0 Å². The summed E-state index contributed by atoms with van der Waals surface area (Å²) in [5.41, 5.74) is 1.37. The maximum absolute atomic E-state index is 4.11. The molecule has 19 heavy (non-hydrogen) atoms. The predicted octanol–water partition coefficient (Wildman–Crippen LogP) is 2.85. The maximum atomic E-state index is 4.11. The maximum Gasteiger partial charge on any atom is 0.0323 e. The molecule has 3 nitrogen and oxygen atoms in total. The molecular formula is C16H27N3. The van der Waals surface area contributed by atoms with Gasteiger partial charge >= 0.3 is 0 Å². The molecule has 0 aromatic carbocycles. The molecule has 0 aliphatic carbocycles. The molecule has 0 bridgehead atoms. The van der Waals surface area contributed by atoms with Crippen molar-refractivity contribution >= 4 is 0 Å². The molecule has 3 heteroatoms. The molecule has 1 aliphatic rings. The highest BCUT2D eigenvalue weighted by molar-refractivity contribution is 5.15. The molecule has 4 unspecified atom stereocenters. The summed E-state index contributed by atoms with van der Waals surface area (Å²) in [7, 11) is 0. The highest BCUT2D eigenvalue weighted by Gasteiger charge is 2.34. The summed E-state index contributed by atoms with van der Waals surface area (Å²) in [6.07, 6.45) is 5.03. The number of pyridine rings is 1. The standard InChI is InChI=1S/C16H27N3/c1-5-18-16-8-11-19(13(3)12(16)2)14(4)15-6-9-17-10-7-15/h6-7,9-10,12-14,16,18H,5,8,11H2,1-4H3. The van der Waals surface area contributed by atoms with Crippen molar-refractivity contribution in [3.8, 4) is 0 Å². The fraction of sp³-hybridized carbons (Fsp3) is 0.688. The van der Waals surface area contributed by atoms with Crippen LogP contribution in [0.15, 0.2) is 24.5 Å². The molecule has 1 aromatic rings. The van der Waals surface area contributed by atoms with E-state index < -0.39 is 0 Å². The normalized spacial score (nSPS) is 30.2. The lowest BCUT2D eigenvalue weighted by molar-refractivity contribution is 0.0529. The van der Waals surface area contributed by atoms with Crippen LogP contribution in [0, 0.1) is 5.92 Å². The molecule has 1 saturated heterocycles. The molecule has 106 valence electrons. The first kappa shape index (κ1) is 14.5. The number of aromatic nitrogens is 1. The van der Waals surface area contributed by atoms with E-state index >= 15 is 0 Å². The summed E-state index contributed by atoms with van der Waals surface area (Å²) in [6.45, 7) is 11.5. The van der Waals surface area contributed by atoms with Gasteiger partial charge in [-0.15, -0.1) is 0 Å². The fourth-order valence-electron chi connectivity index (χ4n) is 3.32. The molecule has 1 aliphatic heterocycles. The predicted molar refractivity (Wildman–Crippen MR) is 80.1 cm³/mol. The van der Waals surface area contributed by atoms with Gasteiger partial charge in [0.2, 0.25) is 0 Å². The minimum absolute atomic E-state index is 0.475. The molecule has 2 heterocycles. The molecule has 2 rings (SSSR count). The van der Waals surface area contributed by atoms with E-state index in [1.165, 1.54) is 18.5 Å². The van der Waals surface area contributed by atoms with Gasteiger partial charge in [-0.05, 0) is 50.4 Å². The Morgan fingerprint density at radius 1 is 1.37 bits per heavy atom. The average molecular weight is 261 g/mol. The van der Waals surface area contributed by atoms with Gasteiger partial charge in [0.15, 0.2) is 0 Å². The SMILES string of the molecule is CCNC1CCN(C(C)c2ccncc2)C(C)C1C. The lowest BCUT2D eigenvalue weighted by Crippen LogP contribution is -2.53. The van der Waals surface area contributed by atoms with Crippen LogP contribution < -0.4 is 5.32 Å². The highest BCUT2D eigenvalue weighted by atomic mass is 15.2. The summed E-state index contributed by atoms with van der Waals surface area (Å²) in [6, 6.07) is 6.03. The first-order valence-electron chi connectivity index (χ1n) is 7.54. The first-order valence-corrected chi connectivity index (χ1v) is 7.54. The lowest BCUT2D eigenvalue weighted by Gasteiger charge is -2.46. The van der Waals surface area contributed by atoms with E-state index in [1.54, 1.807) is 0 Å². The zero-order valence-electron chi connectivity index (χ0n) is 12.6. The summed E-state index contributed by atoms with van der Waals surface area (Å²) in [4.78, 5) is 6.75. The second-order valence-electron chi connectivity index (χ2n) is 5.75. The molecule has 0 radical (unpaired) electrons. The van der Waals surface area contributed by atoms with Gasteiger partial charge in [0.05, 0.1) is 0 Å². The number of rotatable bonds is 4. The van der Waals surface area contributed by atoms with Crippen molar-refractivity contribution < 1.29 is 0 Å². The van der Waals surface area contributed by atoms with E-state index in [0.717, 1.165) is 6.54 Å². The third kappa shape index (κ3) is 3.15. The van der Waals surface area contributed by atoms with Crippen molar-refractivity contribution in [2.24, 2.45) is 5.92 Å². The van der Waals surface area contributed by atoms with Gasteiger partial charge in [-0.1, -0.05) is 13.8 Å². The zero-order valence-corrected chi connectivity index (χ0v) is 12.6. The van der Waals surface area contributed by atoms with E-state index in [4.69, 9.17) is 0 Å². The minimum Gasteiger partial charge on any atom is -0.314 e. The lowest BCUT2D eigenvalue weighted by atomic mass is 9.85. The second-order valence-corrected chi connectivity index (χ2v) is 5.75. The Balaban J connectivity index is 2.06. The van der Waals surface area contributed by atoms with Crippen molar-refractivity contribution in [2.75, 3.05) is 13.1 Å². The van der Waals surface area contributed by atoms with Gasteiger partial charge in [0.25, 0.3) is 0 Å². The molecule has 1 fully saturated rings. The van der Waals surface area contributed by atoms with E-state index in [-0.39, 0.29) is 0 Å². The van der Waals surface area contributed by atoms with Gasteiger partial charge in [0, 0.05) is 37.1 Å². The number of hydrogen-bond acceptors (Lipinski definition) is 3. The summed E-state index contributed by atoms with van der Waals surface area (Å²) < 4.78 is 0. The summed E-state index contributed by atoms with van der Waals surface area (Å²) in [5, 5.41) is 3.63. The summed E-state index contributed by atoms with van der Waals surface area (Å²) >= 11 is 0. The van der Waals surface area contributed by atoms with Crippen LogP contribution in [0.5, 0.6) is 0 Å². The topological polar surface area (TPSA) is 28.2 Å². The van der Waals surface area contributed by atoms with Crippen LogP contribution in [0.1, 0.15) is 45.7 Å². The number of hydrogen-bond donors (Lipinski definition) is 1. The van der Waals surface area contributed by atoms with Crippen LogP contribution in [0.2, 0.25) is 0 Å². The van der Waals surface area contributed by atoms with E-state index in [2.05, 4.69) is 55.0 Å². The number of nitrogens with zero attached hydrogens (tertiary/aromatic N) is 2. The average Bonchev–Trinajstić information content (AvgIpc) is 2.45. The third-order valence-electron chi connectivity index (χ3n) is 4.77. The van der Waals surface area contributed by atoms with Crippen LogP contribution in [-0.4, -0.2) is 35.1 Å². The molecule has 4 atom stereocenters. The summed E-state index contributed by atoms with van der Waals surface area (Å²) in [5.74, 6) is 0.693. The Bertz CT molecular complexity index is 379. The van der Waals surface area contributed by atoms with Crippen LogP contribution in [0.4, 0.5) is 0 Å². The van der Waals surface area contributed by atoms with Crippen molar-refractivity contribution in [1.82, 2.24) is 15.2 Å². The van der Waals surface area contributed by atoms with Crippen LogP contribution >= 0.6 is 0 Å². The Hall–Kier alpha value is -0.930. The van der Waals surface area contributed by atoms with Gasteiger partial charge < -0.3 is 5.32 Å². The molecule has 1 N–H and O–H groups in total. The number of likely N-dealkylation sites (tertiary alicyclic amines) is 1. The quantitative estimate of drug-likeness (QED) is 0.903. The molecule has 0 amide bonds. The first-order chi connectivity index (χ1) is 9.15. The van der Waals surface area contributed by atoms with E-state index in [9.17, 15) is 0 Å². The zero-order chi connectivity index (χ0) is 13.8. The number of piperidine rings is 1. The largest absolute Gasteiger partial charge is 0.314 e. The van der Waals surface area contributed by atoms with Crippen LogP contribution in [0.3, 0.4) is 0 Å². The Kier molecular flexibility index (Phi) is 4.94. The third-order valence-corrected chi connectivity index (χ3v) is 4.77. The highest BCUT2D eigenvalue weighted by Crippen LogP contribution is 2.31. The van der Waals surface area contributed by atoms with Gasteiger partial charge in [-0.3, -0.25) is 9.88 Å². The Morgan fingerprint density at radius 2 is 2.05 bits per heavy atom. The van der Waals surface area contributed by atoms with Crippen LogP contribution in [-0.2, 0) is 0 Å². The van der Waals surface area contributed by atoms with E-state index in [0.29, 0.717) is 24.0 Å². The Morgan fingerprint density at radius 3 is 2.68 bits per heavy atom. The number of nitrogens with one attached hydrogen (secondary N) is 1. The van der Waals surface area contributed by atoms with E-state index in [1.807, 2.05) is 12.4 Å². The monoisotopic (exact) mass is 261 g/mol. The molecule has 0 spiro atoms. The molecule has 1 aromatic heterocycles. The van der Waals surface area contributed by atoms with Crippen LogP contribution in [0.25, 0.3) is 0 Å². The van der Waals surface area contributed by atoms with Crippen molar-refractivity contribution in [2.45, 2.75) is 52.2 Å². The van der Waals surface area contributed by atoms with Gasteiger partial charge in [0.1, 0.15) is 0 Å². The Labute approximate surface area is 117 Å². The molecular weight excluding hydrogens is 234 g/mol. The smallest absolute Gasteiger partial charge is 0.0323 e. The van der Waals surface area contributed by atoms with Gasteiger partial charge in [-0.2, -0.15) is 0 Å². The minimum atomic E-state index is 0.475. The molecule has 0 saturated carbocycles. The second kappa shape index (κ2) is 6.49. The van der Waals surface area contributed by atoms with Crippen molar-refractivity contribution in [3.05, 3.63) is 30.1 Å². The fourth-order valence-corrected chi connectivity index (χ4v) is 3.32.